The highest BCUT2D eigenvalue weighted by atomic mass is 16.4. The van der Waals surface area contributed by atoms with Crippen LogP contribution in [-0.4, -0.2) is 62.9 Å². The van der Waals surface area contributed by atoms with Crippen molar-refractivity contribution >= 4 is 35.6 Å². The highest BCUT2D eigenvalue weighted by Gasteiger charge is 2.32. The molecule has 5 N–H and O–H groups in total. The van der Waals surface area contributed by atoms with E-state index in [2.05, 4.69) is 25.9 Å². The highest BCUT2D eigenvalue weighted by Crippen LogP contribution is 2.17. The van der Waals surface area contributed by atoms with E-state index in [0.29, 0.717) is 6.42 Å². The number of nitrogens with one attached hydrogen (secondary N) is 3. The molecule has 0 aliphatic heterocycles. The van der Waals surface area contributed by atoms with E-state index in [-0.39, 0.29) is 24.5 Å². The van der Waals surface area contributed by atoms with Gasteiger partial charge in [-0.15, -0.1) is 0 Å². The zero-order valence-electron chi connectivity index (χ0n) is 24.2. The molecule has 3 aromatic carbocycles. The molecule has 0 bridgehead atoms. The van der Waals surface area contributed by atoms with Crippen LogP contribution >= 0.6 is 0 Å². The smallest absolute Gasteiger partial charge is 0.426 e. The summed E-state index contributed by atoms with van der Waals surface area (Å²) in [5.41, 5.74) is 1.65. The molecule has 0 unspecified atom stereocenters. The Labute approximate surface area is 251 Å². The average molecular weight is 581 g/mol. The van der Waals surface area contributed by atoms with Gasteiger partial charge in [-0.3, -0.25) is 19.4 Å². The zero-order valence-corrected chi connectivity index (χ0v) is 24.2. The molecular weight excluding hydrogens is 545 g/mol. The normalized spacial score (nSPS) is 13.1. The zero-order chi connectivity index (χ0) is 30.8. The van der Waals surface area contributed by atoms with Gasteiger partial charge in [-0.1, -0.05) is 86.6 Å². The lowest BCUT2D eigenvalue weighted by Gasteiger charge is -2.26. The number of hydrogen-bond acceptors (Lipinski definition) is 7. The molecule has 1 heterocycles. The first kappa shape index (κ1) is 31.3. The summed E-state index contributed by atoms with van der Waals surface area (Å²) in [7, 11) is -1.78. The molecule has 11 heteroatoms. The van der Waals surface area contributed by atoms with E-state index in [0.717, 1.165) is 21.9 Å². The van der Waals surface area contributed by atoms with E-state index >= 15 is 0 Å². The van der Waals surface area contributed by atoms with Crippen LogP contribution < -0.4 is 16.0 Å². The minimum Gasteiger partial charge on any atom is -0.426 e. The second kappa shape index (κ2) is 15.0. The lowest BCUT2D eigenvalue weighted by atomic mass is 9.75. The maximum atomic E-state index is 13.8. The summed E-state index contributed by atoms with van der Waals surface area (Å²) in [4.78, 5) is 48.3. The Hall–Kier alpha value is -4.61. The van der Waals surface area contributed by atoms with Crippen molar-refractivity contribution < 1.29 is 24.4 Å². The lowest BCUT2D eigenvalue weighted by molar-refractivity contribution is -0.130. The summed E-state index contributed by atoms with van der Waals surface area (Å²) < 4.78 is 0. The number of benzene rings is 3. The maximum Gasteiger partial charge on any atom is 0.475 e. The van der Waals surface area contributed by atoms with E-state index in [1.54, 1.807) is 0 Å². The van der Waals surface area contributed by atoms with Crippen LogP contribution in [0.3, 0.4) is 0 Å². The van der Waals surface area contributed by atoms with Crippen LogP contribution in [0.25, 0.3) is 10.8 Å². The second-order valence-electron chi connectivity index (χ2n) is 10.9. The van der Waals surface area contributed by atoms with Crippen molar-refractivity contribution in [1.82, 2.24) is 25.9 Å². The van der Waals surface area contributed by atoms with Crippen molar-refractivity contribution in [3.63, 3.8) is 0 Å². The molecule has 0 fully saturated rings. The molecule has 43 heavy (non-hydrogen) atoms. The maximum absolute atomic E-state index is 13.8. The van der Waals surface area contributed by atoms with E-state index < -0.39 is 42.9 Å². The highest BCUT2D eigenvalue weighted by molar-refractivity contribution is 6.43. The van der Waals surface area contributed by atoms with Gasteiger partial charge in [-0.2, -0.15) is 0 Å². The van der Waals surface area contributed by atoms with Gasteiger partial charge >= 0.3 is 7.12 Å². The van der Waals surface area contributed by atoms with Crippen LogP contribution in [0, 0.1) is 5.92 Å². The van der Waals surface area contributed by atoms with Gasteiger partial charge in [0.05, 0.1) is 12.1 Å². The predicted octanol–water partition coefficient (Wildman–Crippen LogP) is 2.24. The fourth-order valence-electron chi connectivity index (χ4n) is 4.84. The molecule has 0 saturated heterocycles. The summed E-state index contributed by atoms with van der Waals surface area (Å²) in [5.74, 6) is -2.58. The molecule has 4 rings (SSSR count). The number of fused-ring (bicyclic) bond motifs is 1. The molecule has 10 nitrogen and oxygen atoms in total. The monoisotopic (exact) mass is 581 g/mol. The minimum absolute atomic E-state index is 0.0484. The second-order valence-corrected chi connectivity index (χ2v) is 10.9. The Morgan fingerprint density at radius 3 is 2.09 bits per heavy atom. The van der Waals surface area contributed by atoms with Crippen LogP contribution in [0.5, 0.6) is 0 Å². The van der Waals surface area contributed by atoms with Crippen molar-refractivity contribution in [3.05, 3.63) is 108 Å². The van der Waals surface area contributed by atoms with Crippen molar-refractivity contribution in [2.75, 3.05) is 0 Å². The standard InChI is InChI=1S/C32H36BN5O5/c1-21(2)16-29(33(42)43)38-31(40)27(19-23-12-13-24-10-6-7-11-25(24)17-23)36-30(39)26(18-22-8-4-3-5-9-22)37-32(41)28-20-34-14-15-35-28/h3-15,17,20-21,26-27,29,42-43H,16,18-19H2,1-2H3,(H,36,39)(H,37,41)(H,38,40)/t26-,27-,29+/m0/s1. The van der Waals surface area contributed by atoms with Crippen molar-refractivity contribution in [2.45, 2.75) is 51.1 Å². The Bertz CT molecular complexity index is 1520. The molecule has 4 aromatic rings. The quantitative estimate of drug-likeness (QED) is 0.152. The number of hydrogen-bond donors (Lipinski definition) is 5. The van der Waals surface area contributed by atoms with Crippen molar-refractivity contribution in [3.8, 4) is 0 Å². The summed E-state index contributed by atoms with van der Waals surface area (Å²) in [6, 6.07) is 20.7. The Morgan fingerprint density at radius 1 is 0.767 bits per heavy atom. The Morgan fingerprint density at radius 2 is 1.42 bits per heavy atom. The van der Waals surface area contributed by atoms with Crippen molar-refractivity contribution in [1.29, 1.82) is 0 Å². The number of carbonyl (C=O) groups is 3. The Balaban J connectivity index is 1.61. The summed E-state index contributed by atoms with van der Waals surface area (Å²) >= 11 is 0. The fraction of sp³-hybridized carbons (Fsp3) is 0.281. The lowest BCUT2D eigenvalue weighted by Crippen LogP contribution is -2.58. The largest absolute Gasteiger partial charge is 0.475 e. The predicted molar refractivity (Wildman–Crippen MR) is 165 cm³/mol. The van der Waals surface area contributed by atoms with Gasteiger partial charge in [0.2, 0.25) is 11.8 Å². The van der Waals surface area contributed by atoms with Gasteiger partial charge in [0.25, 0.3) is 5.91 Å². The third-order valence-electron chi connectivity index (χ3n) is 7.00. The van der Waals surface area contributed by atoms with Gasteiger partial charge in [-0.05, 0) is 34.2 Å². The van der Waals surface area contributed by atoms with Crippen LogP contribution in [0.15, 0.2) is 91.4 Å². The number of carbonyl (C=O) groups excluding carboxylic acids is 3. The number of nitrogens with zero attached hydrogens (tertiary/aromatic N) is 2. The molecule has 0 spiro atoms. The SMILES string of the molecule is CC(C)C[C@@H](NC(=O)[C@H](Cc1ccc2ccccc2c1)NC(=O)[C@H](Cc1ccccc1)NC(=O)c1cnccn1)B(O)O. The molecule has 0 radical (unpaired) electrons. The van der Waals surface area contributed by atoms with Crippen molar-refractivity contribution in [2.24, 2.45) is 5.92 Å². The molecule has 0 aliphatic carbocycles. The van der Waals surface area contributed by atoms with Crippen LogP contribution in [0.1, 0.15) is 41.9 Å². The van der Waals surface area contributed by atoms with E-state index in [9.17, 15) is 24.4 Å². The Kier molecular flexibility index (Phi) is 11.0. The van der Waals surface area contributed by atoms with Gasteiger partial charge in [-0.25, -0.2) is 4.98 Å². The van der Waals surface area contributed by atoms with Gasteiger partial charge < -0.3 is 26.0 Å². The fourth-order valence-corrected chi connectivity index (χ4v) is 4.84. The molecule has 0 saturated carbocycles. The van der Waals surface area contributed by atoms with Gasteiger partial charge in [0, 0.05) is 25.2 Å². The number of aromatic nitrogens is 2. The molecule has 1 aromatic heterocycles. The molecule has 3 atom stereocenters. The summed E-state index contributed by atoms with van der Waals surface area (Å²) in [5, 5.41) is 30.1. The summed E-state index contributed by atoms with van der Waals surface area (Å²) in [6.07, 6.45) is 4.75. The molecule has 0 aliphatic rings. The summed E-state index contributed by atoms with van der Waals surface area (Å²) in [6.45, 7) is 3.81. The van der Waals surface area contributed by atoms with Crippen LogP contribution in [-0.2, 0) is 22.4 Å². The molecular formula is C32H36BN5O5. The van der Waals surface area contributed by atoms with Gasteiger partial charge in [0.1, 0.15) is 17.8 Å². The van der Waals surface area contributed by atoms with E-state index in [1.807, 2.05) is 86.6 Å². The van der Waals surface area contributed by atoms with Crippen LogP contribution in [0.4, 0.5) is 0 Å². The molecule has 222 valence electrons. The third kappa shape index (κ3) is 9.19. The third-order valence-corrected chi connectivity index (χ3v) is 7.00. The molecule has 3 amide bonds. The first-order valence-electron chi connectivity index (χ1n) is 14.2. The first-order chi connectivity index (χ1) is 20.7. The van der Waals surface area contributed by atoms with Crippen LogP contribution in [0.2, 0.25) is 0 Å². The van der Waals surface area contributed by atoms with Gasteiger partial charge in [0.15, 0.2) is 0 Å². The minimum atomic E-state index is -1.78. The van der Waals surface area contributed by atoms with E-state index in [1.165, 1.54) is 18.6 Å². The average Bonchev–Trinajstić information content (AvgIpc) is 3.00. The first-order valence-corrected chi connectivity index (χ1v) is 14.2. The topological polar surface area (TPSA) is 154 Å². The van der Waals surface area contributed by atoms with E-state index in [4.69, 9.17) is 0 Å². The number of rotatable bonds is 13. The number of amides is 3.